The molecule has 120 valence electrons. The molecule has 21 heavy (non-hydrogen) atoms. The van der Waals surface area contributed by atoms with Gasteiger partial charge in [0.05, 0.1) is 6.42 Å². The topological polar surface area (TPSA) is 46.5 Å². The number of hydrogen-bond donors (Lipinski definition) is 1. The van der Waals surface area contributed by atoms with Crippen molar-refractivity contribution in [1.82, 2.24) is 0 Å². The number of halogens is 7. The van der Waals surface area contributed by atoms with Crippen molar-refractivity contribution < 1.29 is 44.7 Å². The molecule has 1 aromatic rings. The first-order chi connectivity index (χ1) is 9.29. The smallest absolute Gasteiger partial charge is 0.401 e. The predicted molar refractivity (Wildman–Crippen MR) is 57.5 cm³/mol. The van der Waals surface area contributed by atoms with Crippen molar-refractivity contribution in [3.63, 3.8) is 0 Å². The Morgan fingerprint density at radius 3 is 2.14 bits per heavy atom. The first-order valence-electron chi connectivity index (χ1n) is 5.21. The summed E-state index contributed by atoms with van der Waals surface area (Å²) in [5.41, 5.74) is -0.910. The normalized spacial score (nSPS) is 15.6. The molecule has 11 heteroatoms. The molecule has 0 fully saturated rings. The molecule has 0 aliphatic rings. The number of alkyl halides is 6. The molecule has 0 aliphatic carbocycles. The third kappa shape index (κ3) is 6.34. The van der Waals surface area contributed by atoms with E-state index in [0.717, 1.165) is 12.1 Å². The maximum atomic E-state index is 13.6. The molecule has 0 heterocycles. The second-order valence-corrected chi connectivity index (χ2v) is 5.80. The summed E-state index contributed by atoms with van der Waals surface area (Å²) >= 11 is 0. The zero-order valence-electron chi connectivity index (χ0n) is 10.0. The van der Waals surface area contributed by atoms with E-state index in [9.17, 15) is 35.3 Å². The summed E-state index contributed by atoms with van der Waals surface area (Å²) in [6.45, 7) is 0. The van der Waals surface area contributed by atoms with Crippen molar-refractivity contribution in [2.45, 2.75) is 18.8 Å². The Morgan fingerprint density at radius 1 is 1.10 bits per heavy atom. The Morgan fingerprint density at radius 2 is 1.67 bits per heavy atom. The van der Waals surface area contributed by atoms with Crippen LogP contribution in [0, 0.1) is 5.82 Å². The average molecular weight is 340 g/mol. The van der Waals surface area contributed by atoms with E-state index in [2.05, 4.69) is 4.52 Å². The standard InChI is InChI=1S/C10H8F7O3P/c11-8-6(4-9(12,13)14)2-1-3-7(8)20-21(18,19)5-10(15,16)17/h1-3H,4-5H2,(H,18,19). The van der Waals surface area contributed by atoms with E-state index < -0.39 is 49.7 Å². The van der Waals surface area contributed by atoms with E-state index in [1.807, 2.05) is 0 Å². The molecule has 0 spiro atoms. The third-order valence-electron chi connectivity index (χ3n) is 2.05. The first-order valence-corrected chi connectivity index (χ1v) is 6.98. The van der Waals surface area contributed by atoms with Crippen molar-refractivity contribution in [1.29, 1.82) is 0 Å². The zero-order valence-corrected chi connectivity index (χ0v) is 10.9. The lowest BCUT2D eigenvalue weighted by Crippen LogP contribution is -2.17. The van der Waals surface area contributed by atoms with Gasteiger partial charge in [-0.25, -0.2) is 8.96 Å². The monoisotopic (exact) mass is 340 g/mol. The van der Waals surface area contributed by atoms with E-state index in [1.165, 1.54) is 0 Å². The molecule has 1 unspecified atom stereocenters. The van der Waals surface area contributed by atoms with Crippen LogP contribution in [-0.4, -0.2) is 23.4 Å². The quantitative estimate of drug-likeness (QED) is 0.664. The van der Waals surface area contributed by atoms with E-state index in [-0.39, 0.29) is 0 Å². The van der Waals surface area contributed by atoms with Crippen LogP contribution in [0.15, 0.2) is 18.2 Å². The predicted octanol–water partition coefficient (Wildman–Crippen LogP) is 4.06. The minimum absolute atomic E-state index is 0.661. The molecular formula is C10H8F7O3P. The molecule has 1 N–H and O–H groups in total. The van der Waals surface area contributed by atoms with Gasteiger partial charge in [0, 0.05) is 5.56 Å². The van der Waals surface area contributed by atoms with Gasteiger partial charge >= 0.3 is 19.9 Å². The molecule has 0 aliphatic heterocycles. The lowest BCUT2D eigenvalue weighted by Gasteiger charge is -2.16. The fourth-order valence-electron chi connectivity index (χ4n) is 1.39. The maximum absolute atomic E-state index is 13.6. The summed E-state index contributed by atoms with van der Waals surface area (Å²) < 4.78 is 101. The largest absolute Gasteiger partial charge is 0.421 e. The van der Waals surface area contributed by atoms with Crippen LogP contribution in [0.2, 0.25) is 0 Å². The fraction of sp³-hybridized carbons (Fsp3) is 0.400. The lowest BCUT2D eigenvalue weighted by atomic mass is 10.1. The summed E-state index contributed by atoms with van der Waals surface area (Å²) in [7, 11) is -5.28. The minimum atomic E-state index is -5.28. The molecule has 0 saturated heterocycles. The Labute approximate surface area is 113 Å². The van der Waals surface area contributed by atoms with Gasteiger partial charge in [-0.1, -0.05) is 12.1 Å². The van der Waals surface area contributed by atoms with Crippen molar-refractivity contribution in [2.75, 3.05) is 6.16 Å². The Balaban J connectivity index is 3.00. The highest BCUT2D eigenvalue weighted by molar-refractivity contribution is 7.53. The van der Waals surface area contributed by atoms with Gasteiger partial charge in [-0.15, -0.1) is 0 Å². The van der Waals surface area contributed by atoms with Gasteiger partial charge in [0.25, 0.3) is 0 Å². The van der Waals surface area contributed by atoms with Crippen LogP contribution in [0.5, 0.6) is 5.75 Å². The fourth-order valence-corrected chi connectivity index (χ4v) is 2.36. The van der Waals surface area contributed by atoms with Crippen molar-refractivity contribution in [3.8, 4) is 5.75 Å². The second kappa shape index (κ2) is 5.84. The second-order valence-electron chi connectivity index (χ2n) is 4.02. The third-order valence-corrected chi connectivity index (χ3v) is 3.29. The van der Waals surface area contributed by atoms with Gasteiger partial charge in [-0.2, -0.15) is 26.3 Å². The molecule has 0 amide bonds. The van der Waals surface area contributed by atoms with Crippen LogP contribution < -0.4 is 4.52 Å². The maximum Gasteiger partial charge on any atom is 0.401 e. The number of hydrogen-bond acceptors (Lipinski definition) is 2. The van der Waals surface area contributed by atoms with E-state index in [0.29, 0.717) is 6.07 Å². The summed E-state index contributed by atoms with van der Waals surface area (Å²) in [5, 5.41) is 0. The molecule has 0 saturated carbocycles. The van der Waals surface area contributed by atoms with E-state index in [4.69, 9.17) is 4.89 Å². The lowest BCUT2D eigenvalue weighted by molar-refractivity contribution is -0.127. The molecule has 1 rings (SSSR count). The SMILES string of the molecule is O=P(O)(CC(F)(F)F)Oc1cccc(CC(F)(F)F)c1F. The molecule has 0 bridgehead atoms. The molecule has 1 aromatic carbocycles. The van der Waals surface area contributed by atoms with E-state index in [1.54, 1.807) is 0 Å². The summed E-state index contributed by atoms with van der Waals surface area (Å²) in [5.74, 6) is -2.78. The van der Waals surface area contributed by atoms with Crippen LogP contribution in [-0.2, 0) is 11.0 Å². The Kier molecular flexibility index (Phi) is 4.94. The van der Waals surface area contributed by atoms with Gasteiger partial charge in [0.2, 0.25) is 0 Å². The van der Waals surface area contributed by atoms with Crippen LogP contribution in [0.25, 0.3) is 0 Å². The van der Waals surface area contributed by atoms with Gasteiger partial charge in [-0.05, 0) is 6.07 Å². The molecule has 1 atom stereocenters. The van der Waals surface area contributed by atoms with Crippen LogP contribution in [0.4, 0.5) is 30.7 Å². The number of rotatable bonds is 4. The zero-order chi connectivity index (χ0) is 16.5. The van der Waals surface area contributed by atoms with Crippen LogP contribution in [0.3, 0.4) is 0 Å². The van der Waals surface area contributed by atoms with Gasteiger partial charge in [-0.3, -0.25) is 0 Å². The Hall–Kier alpha value is -1.28. The van der Waals surface area contributed by atoms with E-state index >= 15 is 0 Å². The molecule has 3 nitrogen and oxygen atoms in total. The molecular weight excluding hydrogens is 332 g/mol. The van der Waals surface area contributed by atoms with Crippen molar-refractivity contribution >= 4 is 7.60 Å². The van der Waals surface area contributed by atoms with Gasteiger partial charge < -0.3 is 9.42 Å². The average Bonchev–Trinajstić information content (AvgIpc) is 2.18. The van der Waals surface area contributed by atoms with Crippen molar-refractivity contribution in [3.05, 3.63) is 29.6 Å². The summed E-state index contributed by atoms with van der Waals surface area (Å²) in [4.78, 5) is 8.98. The highest BCUT2D eigenvalue weighted by Crippen LogP contribution is 2.47. The summed E-state index contributed by atoms with van der Waals surface area (Å²) in [6.07, 6.45) is -13.7. The van der Waals surface area contributed by atoms with Crippen molar-refractivity contribution in [2.24, 2.45) is 0 Å². The van der Waals surface area contributed by atoms with Crippen LogP contribution >= 0.6 is 7.60 Å². The highest BCUT2D eigenvalue weighted by atomic mass is 31.2. The minimum Gasteiger partial charge on any atom is -0.421 e. The molecule has 0 radical (unpaired) electrons. The Bertz CT molecular complexity index is 553. The number of benzene rings is 1. The van der Waals surface area contributed by atoms with Gasteiger partial charge in [0.15, 0.2) is 17.7 Å². The summed E-state index contributed by atoms with van der Waals surface area (Å²) in [6, 6.07) is 2.27. The molecule has 0 aromatic heterocycles. The highest BCUT2D eigenvalue weighted by Gasteiger charge is 2.40. The van der Waals surface area contributed by atoms with Gasteiger partial charge in [0.1, 0.15) is 0 Å². The van der Waals surface area contributed by atoms with Crippen LogP contribution in [0.1, 0.15) is 5.56 Å². The first kappa shape index (κ1) is 17.8.